The molecule has 15 heavy (non-hydrogen) atoms. The van der Waals surface area contributed by atoms with Gasteiger partial charge in [-0.3, -0.25) is 0 Å². The largest absolute Gasteiger partial charge is 0.485 e. The zero-order valence-corrected chi connectivity index (χ0v) is 6.87. The lowest BCUT2D eigenvalue weighted by Crippen LogP contribution is -2.55. The third-order valence-corrected chi connectivity index (χ3v) is 0.933. The predicted octanol–water partition coefficient (Wildman–Crippen LogP) is 1.51. The summed E-state index contributed by atoms with van der Waals surface area (Å²) < 4.78 is 83.0. The number of rotatable bonds is 2. The summed E-state index contributed by atoms with van der Waals surface area (Å²) in [6, 6.07) is 0. The van der Waals surface area contributed by atoms with Crippen molar-refractivity contribution in [3.63, 3.8) is 0 Å². The van der Waals surface area contributed by atoms with Gasteiger partial charge >= 0.3 is 18.2 Å². The van der Waals surface area contributed by atoms with E-state index in [0.717, 1.165) is 0 Å². The fourth-order valence-electron chi connectivity index (χ4n) is 0.334. The normalized spacial score (nSPS) is 13.0. The Morgan fingerprint density at radius 3 is 1.53 bits per heavy atom. The van der Waals surface area contributed by atoms with E-state index < -0.39 is 24.4 Å². The molecule has 0 amide bonds. The van der Waals surface area contributed by atoms with Gasteiger partial charge < -0.3 is 20.8 Å². The highest BCUT2D eigenvalue weighted by atomic mass is 19.4. The maximum Gasteiger partial charge on any atom is 0.462 e. The number of carbonyl (C=O) groups is 1. The van der Waals surface area contributed by atoms with E-state index in [1.54, 1.807) is 0 Å². The zero-order chi connectivity index (χ0) is 11.8. The molecule has 0 unspecified atom stereocenters. The molecule has 0 saturated heterocycles. The van der Waals surface area contributed by atoms with Crippen LogP contribution in [-0.2, 0) is 4.74 Å². The molecule has 0 spiro atoms. The molecule has 0 bridgehead atoms. The number of carbonyl (C=O) groups excluding carboxylic acids is 1. The fraction of sp³-hybridized carbons (Fsp3) is 0.750. The van der Waals surface area contributed by atoms with Crippen LogP contribution in [0.25, 0.3) is 0 Å². The molecule has 0 rings (SSSR count). The van der Waals surface area contributed by atoms with Gasteiger partial charge in [-0.15, -0.1) is 0 Å². The number of alkyl halides is 7. The average molecular weight is 247 g/mol. The Labute approximate surface area is 77.2 Å². The molecule has 11 heteroatoms. The second-order valence-electron chi connectivity index (χ2n) is 1.94. The van der Waals surface area contributed by atoms with Crippen molar-refractivity contribution in [2.45, 2.75) is 18.2 Å². The SMILES string of the molecule is O=C([O-])OC(F)(F)C(F)(F)C(F)(F)F.[NH4+]. The van der Waals surface area contributed by atoms with E-state index in [4.69, 9.17) is 0 Å². The fourth-order valence-corrected chi connectivity index (χ4v) is 0.334. The summed E-state index contributed by atoms with van der Waals surface area (Å²) in [5, 5.41) is 9.27. The molecule has 0 aliphatic rings. The summed E-state index contributed by atoms with van der Waals surface area (Å²) in [6.07, 6.45) is -16.0. The number of hydrogen-bond acceptors (Lipinski definition) is 3. The summed E-state index contributed by atoms with van der Waals surface area (Å²) >= 11 is 0. The predicted molar refractivity (Wildman–Crippen MR) is 28.4 cm³/mol. The molecule has 0 saturated carbocycles. The Morgan fingerprint density at radius 1 is 1.00 bits per heavy atom. The molecule has 0 aromatic heterocycles. The topological polar surface area (TPSA) is 85.9 Å². The lowest BCUT2D eigenvalue weighted by molar-refractivity contribution is -0.428. The lowest BCUT2D eigenvalue weighted by atomic mass is 10.3. The molecular weight excluding hydrogens is 243 g/mol. The van der Waals surface area contributed by atoms with E-state index in [0.29, 0.717) is 0 Å². The highest BCUT2D eigenvalue weighted by molar-refractivity contribution is 5.54. The molecule has 0 aromatic rings. The van der Waals surface area contributed by atoms with E-state index in [9.17, 15) is 40.6 Å². The van der Waals surface area contributed by atoms with Crippen molar-refractivity contribution in [3.05, 3.63) is 0 Å². The van der Waals surface area contributed by atoms with Crippen molar-refractivity contribution >= 4 is 6.16 Å². The van der Waals surface area contributed by atoms with Gasteiger partial charge in [0.05, 0.1) is 0 Å². The van der Waals surface area contributed by atoms with Gasteiger partial charge in [0.2, 0.25) is 0 Å². The Balaban J connectivity index is 0. The standard InChI is InChI=1S/C4HF7O3.H3N/c5-2(6,3(7,8)9)4(10,11)14-1(12)13;/h(H,12,13);1H3. The second kappa shape index (κ2) is 4.08. The Bertz CT molecular complexity index is 237. The average Bonchev–Trinajstić information content (AvgIpc) is 1.80. The number of carboxylic acid groups (broad SMARTS) is 1. The van der Waals surface area contributed by atoms with Gasteiger partial charge in [0.1, 0.15) is 0 Å². The van der Waals surface area contributed by atoms with Gasteiger partial charge in [0.15, 0.2) is 0 Å². The Morgan fingerprint density at radius 2 is 1.33 bits per heavy atom. The molecule has 4 N–H and O–H groups in total. The minimum atomic E-state index is -6.63. The third-order valence-electron chi connectivity index (χ3n) is 0.933. The van der Waals surface area contributed by atoms with Crippen LogP contribution in [0.15, 0.2) is 0 Å². The summed E-state index contributed by atoms with van der Waals surface area (Å²) in [5.41, 5.74) is 0. The van der Waals surface area contributed by atoms with Crippen LogP contribution in [0.3, 0.4) is 0 Å². The molecule has 0 aliphatic carbocycles. The number of quaternary nitrogens is 1. The van der Waals surface area contributed by atoms with Crippen LogP contribution in [0, 0.1) is 0 Å². The summed E-state index contributed by atoms with van der Waals surface area (Å²) in [5.74, 6) is -6.61. The van der Waals surface area contributed by atoms with Gasteiger partial charge in [-0.2, -0.15) is 30.7 Å². The molecule has 0 aromatic carbocycles. The van der Waals surface area contributed by atoms with Crippen LogP contribution in [0.4, 0.5) is 35.5 Å². The number of ether oxygens (including phenoxy) is 1. The molecule has 0 atom stereocenters. The molecule has 0 heterocycles. The molecule has 0 fully saturated rings. The molecule has 0 aliphatic heterocycles. The molecular formula is C4H4F7NO3. The first-order valence-electron chi connectivity index (χ1n) is 2.64. The number of hydrogen-bond donors (Lipinski definition) is 1. The summed E-state index contributed by atoms with van der Waals surface area (Å²) in [4.78, 5) is 9.27. The molecule has 92 valence electrons. The van der Waals surface area contributed by atoms with Crippen molar-refractivity contribution in [2.24, 2.45) is 0 Å². The van der Waals surface area contributed by atoms with E-state index >= 15 is 0 Å². The maximum atomic E-state index is 11.8. The van der Waals surface area contributed by atoms with Gasteiger partial charge in [-0.1, -0.05) is 0 Å². The first kappa shape index (κ1) is 16.2. The van der Waals surface area contributed by atoms with Gasteiger partial charge in [0.25, 0.3) is 6.16 Å². The third kappa shape index (κ3) is 3.11. The quantitative estimate of drug-likeness (QED) is 0.592. The minimum Gasteiger partial charge on any atom is -0.485 e. The van der Waals surface area contributed by atoms with Crippen LogP contribution >= 0.6 is 0 Å². The van der Waals surface area contributed by atoms with Crippen LogP contribution in [0.2, 0.25) is 0 Å². The van der Waals surface area contributed by atoms with Gasteiger partial charge in [-0.25, -0.2) is 0 Å². The zero-order valence-electron chi connectivity index (χ0n) is 6.87. The smallest absolute Gasteiger partial charge is 0.462 e. The van der Waals surface area contributed by atoms with E-state index in [1.165, 1.54) is 0 Å². The van der Waals surface area contributed by atoms with Crippen LogP contribution < -0.4 is 11.3 Å². The minimum absolute atomic E-state index is 0. The van der Waals surface area contributed by atoms with Crippen LogP contribution in [-0.4, -0.2) is 24.4 Å². The first-order valence-corrected chi connectivity index (χ1v) is 2.64. The van der Waals surface area contributed by atoms with Gasteiger partial charge in [0, 0.05) is 0 Å². The van der Waals surface area contributed by atoms with E-state index in [2.05, 4.69) is 0 Å². The van der Waals surface area contributed by atoms with E-state index in [1.807, 2.05) is 4.74 Å². The van der Waals surface area contributed by atoms with Crippen molar-refractivity contribution in [1.29, 1.82) is 0 Å². The molecule has 4 nitrogen and oxygen atoms in total. The highest BCUT2D eigenvalue weighted by Gasteiger charge is 2.73. The Hall–Kier alpha value is -1.26. The Kier molecular flexibility index (Phi) is 4.40. The van der Waals surface area contributed by atoms with Crippen molar-refractivity contribution in [1.82, 2.24) is 6.15 Å². The summed E-state index contributed by atoms with van der Waals surface area (Å²) in [6.45, 7) is 0. The molecule has 0 radical (unpaired) electrons. The maximum absolute atomic E-state index is 11.8. The van der Waals surface area contributed by atoms with Crippen molar-refractivity contribution in [3.8, 4) is 0 Å². The van der Waals surface area contributed by atoms with Crippen molar-refractivity contribution < 1.29 is 45.4 Å². The monoisotopic (exact) mass is 247 g/mol. The second-order valence-corrected chi connectivity index (χ2v) is 1.94. The summed E-state index contributed by atoms with van der Waals surface area (Å²) in [7, 11) is 0. The lowest BCUT2D eigenvalue weighted by Gasteiger charge is -2.30. The first-order chi connectivity index (χ1) is 5.92. The van der Waals surface area contributed by atoms with Crippen LogP contribution in [0.5, 0.6) is 0 Å². The van der Waals surface area contributed by atoms with Crippen molar-refractivity contribution in [2.75, 3.05) is 0 Å². The highest BCUT2D eigenvalue weighted by Crippen LogP contribution is 2.46. The van der Waals surface area contributed by atoms with E-state index in [-0.39, 0.29) is 6.15 Å². The van der Waals surface area contributed by atoms with Crippen LogP contribution in [0.1, 0.15) is 0 Å². The number of halogens is 7. The van der Waals surface area contributed by atoms with Gasteiger partial charge in [-0.05, 0) is 0 Å².